The summed E-state index contributed by atoms with van der Waals surface area (Å²) in [6, 6.07) is 7.97. The van der Waals surface area contributed by atoms with Gasteiger partial charge >= 0.3 is 0 Å². The van der Waals surface area contributed by atoms with Crippen LogP contribution in [0, 0.1) is 19.3 Å². The SMILES string of the molecule is C#CCC(C)NCC(O)COc1ccc(C)cc1. The number of aryl methyl sites for hydroxylation is 1. The van der Waals surface area contributed by atoms with Crippen LogP contribution in [0.5, 0.6) is 5.75 Å². The largest absolute Gasteiger partial charge is 0.491 e. The number of nitrogens with one attached hydrogen (secondary N) is 1. The number of hydrogen-bond donors (Lipinski definition) is 2. The Morgan fingerprint density at radius 2 is 2.06 bits per heavy atom. The van der Waals surface area contributed by atoms with Crippen LogP contribution in [0.3, 0.4) is 0 Å². The molecule has 0 spiro atoms. The minimum atomic E-state index is -0.536. The Labute approximate surface area is 109 Å². The third-order valence-electron chi connectivity index (χ3n) is 2.59. The van der Waals surface area contributed by atoms with Gasteiger partial charge in [0.2, 0.25) is 0 Å². The average Bonchev–Trinajstić information content (AvgIpc) is 2.36. The molecule has 0 aromatic heterocycles. The van der Waals surface area contributed by atoms with Gasteiger partial charge in [-0.1, -0.05) is 17.7 Å². The highest BCUT2D eigenvalue weighted by Gasteiger charge is 2.07. The van der Waals surface area contributed by atoms with Gasteiger partial charge in [-0.05, 0) is 26.0 Å². The van der Waals surface area contributed by atoms with E-state index in [2.05, 4.69) is 11.2 Å². The molecule has 1 aromatic rings. The van der Waals surface area contributed by atoms with Gasteiger partial charge in [0.25, 0.3) is 0 Å². The van der Waals surface area contributed by atoms with Gasteiger partial charge in [0.1, 0.15) is 18.5 Å². The van der Waals surface area contributed by atoms with E-state index in [0.717, 1.165) is 5.75 Å². The summed E-state index contributed by atoms with van der Waals surface area (Å²) < 4.78 is 5.48. The molecule has 0 aliphatic carbocycles. The maximum Gasteiger partial charge on any atom is 0.119 e. The molecule has 0 aliphatic rings. The average molecular weight is 247 g/mol. The van der Waals surface area contributed by atoms with Gasteiger partial charge in [-0.3, -0.25) is 0 Å². The van der Waals surface area contributed by atoms with Gasteiger partial charge in [0.05, 0.1) is 0 Å². The summed E-state index contributed by atoms with van der Waals surface area (Å²) >= 11 is 0. The third-order valence-corrected chi connectivity index (χ3v) is 2.59. The molecule has 1 rings (SSSR count). The maximum atomic E-state index is 9.74. The normalized spacial score (nSPS) is 13.7. The maximum absolute atomic E-state index is 9.74. The number of terminal acetylenes is 1. The zero-order valence-corrected chi connectivity index (χ0v) is 11.0. The molecule has 0 amide bonds. The molecule has 1 aromatic carbocycles. The lowest BCUT2D eigenvalue weighted by atomic mass is 10.2. The van der Waals surface area contributed by atoms with Crippen LogP contribution in [-0.2, 0) is 0 Å². The number of aliphatic hydroxyl groups excluding tert-OH is 1. The van der Waals surface area contributed by atoms with Crippen molar-refractivity contribution in [2.24, 2.45) is 0 Å². The molecule has 3 nitrogen and oxygen atoms in total. The monoisotopic (exact) mass is 247 g/mol. The van der Waals surface area contributed by atoms with E-state index in [9.17, 15) is 5.11 Å². The van der Waals surface area contributed by atoms with Crippen LogP contribution in [0.15, 0.2) is 24.3 Å². The minimum absolute atomic E-state index is 0.212. The fourth-order valence-corrected chi connectivity index (χ4v) is 1.47. The van der Waals surface area contributed by atoms with E-state index in [0.29, 0.717) is 13.0 Å². The van der Waals surface area contributed by atoms with Crippen LogP contribution in [0.25, 0.3) is 0 Å². The van der Waals surface area contributed by atoms with Crippen molar-refractivity contribution in [1.82, 2.24) is 5.32 Å². The second-order valence-corrected chi connectivity index (χ2v) is 4.50. The highest BCUT2D eigenvalue weighted by Crippen LogP contribution is 2.11. The van der Waals surface area contributed by atoms with Crippen molar-refractivity contribution in [3.05, 3.63) is 29.8 Å². The molecule has 18 heavy (non-hydrogen) atoms. The first-order chi connectivity index (χ1) is 8.61. The summed E-state index contributed by atoms with van der Waals surface area (Å²) in [5.41, 5.74) is 1.19. The minimum Gasteiger partial charge on any atom is -0.491 e. The van der Waals surface area contributed by atoms with Crippen LogP contribution < -0.4 is 10.1 Å². The topological polar surface area (TPSA) is 41.5 Å². The highest BCUT2D eigenvalue weighted by atomic mass is 16.5. The van der Waals surface area contributed by atoms with Gasteiger partial charge in [0, 0.05) is 19.0 Å². The summed E-state index contributed by atoms with van der Waals surface area (Å²) in [7, 11) is 0. The molecule has 0 saturated heterocycles. The number of hydrogen-bond acceptors (Lipinski definition) is 3. The molecule has 0 aliphatic heterocycles. The Bertz CT molecular complexity index is 380. The lowest BCUT2D eigenvalue weighted by molar-refractivity contribution is 0.104. The fourth-order valence-electron chi connectivity index (χ4n) is 1.47. The first kappa shape index (κ1) is 14.6. The summed E-state index contributed by atoms with van der Waals surface area (Å²) in [5.74, 6) is 3.35. The van der Waals surface area contributed by atoms with E-state index in [4.69, 9.17) is 11.2 Å². The molecular formula is C15H21NO2. The van der Waals surface area contributed by atoms with Crippen LogP contribution in [0.1, 0.15) is 18.9 Å². The van der Waals surface area contributed by atoms with E-state index in [1.807, 2.05) is 38.1 Å². The molecule has 0 radical (unpaired) electrons. The Morgan fingerprint density at radius 1 is 1.39 bits per heavy atom. The first-order valence-electron chi connectivity index (χ1n) is 6.16. The van der Waals surface area contributed by atoms with Crippen molar-refractivity contribution < 1.29 is 9.84 Å². The zero-order chi connectivity index (χ0) is 13.4. The van der Waals surface area contributed by atoms with Gasteiger partial charge in [-0.15, -0.1) is 12.3 Å². The lowest BCUT2D eigenvalue weighted by Gasteiger charge is -2.16. The predicted octanol–water partition coefficient (Wildman–Crippen LogP) is 1.74. The summed E-state index contributed by atoms with van der Waals surface area (Å²) in [4.78, 5) is 0. The van der Waals surface area contributed by atoms with Crippen molar-refractivity contribution in [3.63, 3.8) is 0 Å². The Hall–Kier alpha value is -1.50. The number of ether oxygens (including phenoxy) is 1. The van der Waals surface area contributed by atoms with Gasteiger partial charge in [-0.25, -0.2) is 0 Å². The molecule has 0 bridgehead atoms. The van der Waals surface area contributed by atoms with Crippen molar-refractivity contribution >= 4 is 0 Å². The van der Waals surface area contributed by atoms with Gasteiger partial charge in [0.15, 0.2) is 0 Å². The first-order valence-corrected chi connectivity index (χ1v) is 6.16. The second-order valence-electron chi connectivity index (χ2n) is 4.50. The summed E-state index contributed by atoms with van der Waals surface area (Å²) in [5, 5.41) is 12.9. The molecule has 2 N–H and O–H groups in total. The number of benzene rings is 1. The Kier molecular flexibility index (Phi) is 6.27. The summed E-state index contributed by atoms with van der Waals surface area (Å²) in [6.07, 6.45) is 5.33. The van der Waals surface area contributed by atoms with Crippen LogP contribution in [-0.4, -0.2) is 30.4 Å². The van der Waals surface area contributed by atoms with E-state index in [1.165, 1.54) is 5.56 Å². The summed E-state index contributed by atoms with van der Waals surface area (Å²) in [6.45, 7) is 4.77. The van der Waals surface area contributed by atoms with E-state index in [-0.39, 0.29) is 12.6 Å². The Balaban J connectivity index is 2.23. The van der Waals surface area contributed by atoms with E-state index >= 15 is 0 Å². The zero-order valence-electron chi connectivity index (χ0n) is 11.0. The molecule has 0 saturated carbocycles. The molecule has 2 unspecified atom stereocenters. The Morgan fingerprint density at radius 3 is 2.67 bits per heavy atom. The standard InChI is InChI=1S/C15H21NO2/c1-4-5-13(3)16-10-14(17)11-18-15-8-6-12(2)7-9-15/h1,6-9,13-14,16-17H,5,10-11H2,2-3H3. The third kappa shape index (κ3) is 5.72. The second kappa shape index (κ2) is 7.75. The van der Waals surface area contributed by atoms with E-state index < -0.39 is 6.10 Å². The molecule has 0 fully saturated rings. The van der Waals surface area contributed by atoms with Crippen molar-refractivity contribution in [2.45, 2.75) is 32.4 Å². The van der Waals surface area contributed by atoms with Crippen molar-refractivity contribution in [3.8, 4) is 18.1 Å². The van der Waals surface area contributed by atoms with Crippen LogP contribution >= 0.6 is 0 Å². The number of rotatable bonds is 7. The quantitative estimate of drug-likeness (QED) is 0.721. The van der Waals surface area contributed by atoms with Crippen molar-refractivity contribution in [1.29, 1.82) is 0 Å². The predicted molar refractivity (Wildman–Crippen MR) is 73.6 cm³/mol. The highest BCUT2D eigenvalue weighted by molar-refractivity contribution is 5.26. The molecule has 98 valence electrons. The molecule has 3 heteroatoms. The van der Waals surface area contributed by atoms with E-state index in [1.54, 1.807) is 0 Å². The molecule has 2 atom stereocenters. The molecule has 0 heterocycles. The smallest absolute Gasteiger partial charge is 0.119 e. The van der Waals surface area contributed by atoms with Gasteiger partial charge < -0.3 is 15.2 Å². The molecular weight excluding hydrogens is 226 g/mol. The fraction of sp³-hybridized carbons (Fsp3) is 0.467. The van der Waals surface area contributed by atoms with Crippen LogP contribution in [0.4, 0.5) is 0 Å². The number of aliphatic hydroxyl groups is 1. The van der Waals surface area contributed by atoms with Crippen molar-refractivity contribution in [2.75, 3.05) is 13.2 Å². The van der Waals surface area contributed by atoms with Gasteiger partial charge in [-0.2, -0.15) is 0 Å². The lowest BCUT2D eigenvalue weighted by Crippen LogP contribution is -2.36. The van der Waals surface area contributed by atoms with Crippen LogP contribution in [0.2, 0.25) is 0 Å².